The van der Waals surface area contributed by atoms with Gasteiger partial charge in [0.2, 0.25) is 0 Å². The monoisotopic (exact) mass is 1120 g/mol. The molecule has 2 aliphatic rings. The van der Waals surface area contributed by atoms with Crippen LogP contribution in [-0.2, 0) is 32.5 Å². The van der Waals surface area contributed by atoms with Crippen LogP contribution in [0.25, 0.3) is 43.1 Å². The molecule has 0 saturated heterocycles. The van der Waals surface area contributed by atoms with Crippen molar-refractivity contribution in [3.63, 3.8) is 0 Å². The van der Waals surface area contributed by atoms with Crippen LogP contribution in [0.5, 0.6) is 11.5 Å². The minimum atomic E-state index is -3.63. The van der Waals surface area contributed by atoms with Gasteiger partial charge < -0.3 is 19.7 Å². The van der Waals surface area contributed by atoms with E-state index >= 15 is 0 Å². The third kappa shape index (κ3) is 12.4. The van der Waals surface area contributed by atoms with Crippen molar-refractivity contribution in [1.82, 2.24) is 19.9 Å². The summed E-state index contributed by atoms with van der Waals surface area (Å²) in [6, 6.07) is 32.8. The predicted octanol–water partition coefficient (Wildman–Crippen LogP) is 11.1. The van der Waals surface area contributed by atoms with E-state index in [1.165, 1.54) is 0 Å². The molecule has 8 aromatic rings. The molecule has 0 spiro atoms. The van der Waals surface area contributed by atoms with E-state index in [0.29, 0.717) is 70.9 Å². The van der Waals surface area contributed by atoms with Gasteiger partial charge in [-0.2, -0.15) is 0 Å². The van der Waals surface area contributed by atoms with Gasteiger partial charge in [-0.15, -0.1) is 22.7 Å². The Morgan fingerprint density at radius 1 is 0.538 bits per heavy atom. The molecule has 18 heteroatoms. The molecule has 2 aliphatic heterocycles. The highest BCUT2D eigenvalue weighted by Crippen LogP contribution is 2.42. The van der Waals surface area contributed by atoms with Crippen LogP contribution in [0.2, 0.25) is 0 Å². The Morgan fingerprint density at radius 2 is 0.923 bits per heavy atom. The number of carbonyl (C=O) groups is 2. The van der Waals surface area contributed by atoms with Gasteiger partial charge in [0.1, 0.15) is 23.0 Å². The number of nitrogens with zero attached hydrogens (tertiary/aromatic N) is 4. The Bertz CT molecular complexity index is 3430. The van der Waals surface area contributed by atoms with Gasteiger partial charge >= 0.3 is 0 Å². The van der Waals surface area contributed by atoms with Crippen LogP contribution in [-0.4, -0.2) is 92.8 Å². The molecule has 404 valence electrons. The summed E-state index contributed by atoms with van der Waals surface area (Å²) in [7, 11) is -7.25. The molecule has 0 amide bonds. The molecule has 0 bridgehead atoms. The number of aromatic nitrogens is 4. The summed E-state index contributed by atoms with van der Waals surface area (Å²) < 4.78 is 60.8. The van der Waals surface area contributed by atoms with Crippen molar-refractivity contribution in [2.24, 2.45) is 11.8 Å². The number of aliphatic hydroxyl groups excluding tert-OH is 2. The first-order valence-electron chi connectivity index (χ1n) is 25.3. The van der Waals surface area contributed by atoms with Crippen LogP contribution in [0, 0.1) is 11.8 Å². The molecule has 14 nitrogen and oxygen atoms in total. The minimum Gasteiger partial charge on any atom is -0.493 e. The molecular weight excluding hydrogens is 1060 g/mol. The van der Waals surface area contributed by atoms with Gasteiger partial charge in [0.25, 0.3) is 0 Å². The summed E-state index contributed by atoms with van der Waals surface area (Å²) >= 11 is 3.12. The van der Waals surface area contributed by atoms with Crippen molar-refractivity contribution in [3.05, 3.63) is 179 Å². The standard InChI is InChI=1S/2C30H30N2O5S2/c2*1-30(2,3)39(35,36)17-26(33)24-7-5-4-6-23(24)19-9-11-25-27(13-19)37-16-21(29(25)34)12-22-10-8-20(14-32-22)28-15-31-18-38-28/h2*4-11,13-15,18,21,29,34H,12,16-17H2,1-3H3/t2*21-,29+/m10/s1. The van der Waals surface area contributed by atoms with Gasteiger partial charge in [-0.25, -0.2) is 16.8 Å². The smallest absolute Gasteiger partial charge is 0.178 e. The number of ether oxygens (including phenoxy) is 2. The highest BCUT2D eigenvalue weighted by molar-refractivity contribution is 7.93. The molecule has 2 N–H and O–H groups in total. The number of benzene rings is 4. The Kier molecular flexibility index (Phi) is 16.4. The van der Waals surface area contributed by atoms with Gasteiger partial charge in [-0.1, -0.05) is 84.9 Å². The molecule has 4 atom stereocenters. The van der Waals surface area contributed by atoms with Crippen LogP contribution in [0.1, 0.15) is 97.0 Å². The maximum atomic E-state index is 13.1. The first-order chi connectivity index (χ1) is 37.1. The first kappa shape index (κ1) is 55.9. The predicted molar refractivity (Wildman–Crippen MR) is 305 cm³/mol. The normalized spacial score (nSPS) is 17.3. The molecular formula is C60H60N4O10S4. The third-order valence-electron chi connectivity index (χ3n) is 14.1. The van der Waals surface area contributed by atoms with Crippen molar-refractivity contribution in [2.75, 3.05) is 24.7 Å². The maximum absolute atomic E-state index is 13.1. The molecule has 0 aliphatic carbocycles. The Hall–Kier alpha value is -6.80. The zero-order valence-corrected chi connectivity index (χ0v) is 47.3. The lowest BCUT2D eigenvalue weighted by atomic mass is 9.88. The molecule has 0 radical (unpaired) electrons. The molecule has 78 heavy (non-hydrogen) atoms. The van der Waals surface area contributed by atoms with E-state index in [4.69, 9.17) is 9.47 Å². The van der Waals surface area contributed by atoms with Crippen molar-refractivity contribution in [3.8, 4) is 54.6 Å². The molecule has 4 aromatic carbocycles. The number of rotatable bonds is 14. The lowest BCUT2D eigenvalue weighted by Gasteiger charge is -2.30. The van der Waals surface area contributed by atoms with Gasteiger partial charge in [0.05, 0.1) is 55.7 Å². The molecule has 6 heterocycles. The van der Waals surface area contributed by atoms with E-state index in [1.54, 1.807) is 124 Å². The second kappa shape index (κ2) is 22.9. The maximum Gasteiger partial charge on any atom is 0.178 e. The Balaban J connectivity index is 0.000000190. The summed E-state index contributed by atoms with van der Waals surface area (Å²) in [5.41, 5.74) is 12.1. The van der Waals surface area contributed by atoms with Gasteiger partial charge in [0.15, 0.2) is 31.2 Å². The lowest BCUT2D eigenvalue weighted by molar-refractivity contribution is 0.0501. The van der Waals surface area contributed by atoms with Gasteiger partial charge in [-0.05, 0) is 101 Å². The fraction of sp³-hybridized carbons (Fsp3) is 0.300. The molecule has 0 unspecified atom stereocenters. The van der Waals surface area contributed by atoms with E-state index in [-0.39, 0.29) is 11.8 Å². The van der Waals surface area contributed by atoms with Crippen LogP contribution in [0.4, 0.5) is 0 Å². The quantitative estimate of drug-likeness (QED) is 0.0970. The number of carbonyl (C=O) groups excluding carboxylic acids is 2. The fourth-order valence-corrected chi connectivity index (χ4v) is 12.2. The summed E-state index contributed by atoms with van der Waals surface area (Å²) in [5.74, 6) is -1.25. The second-order valence-electron chi connectivity index (χ2n) is 21.4. The number of sulfone groups is 2. The minimum absolute atomic E-state index is 0.165. The summed E-state index contributed by atoms with van der Waals surface area (Å²) in [6.45, 7) is 10.2. The van der Waals surface area contributed by atoms with Crippen LogP contribution in [0.15, 0.2) is 145 Å². The number of hydrogen-bond donors (Lipinski definition) is 2. The second-order valence-corrected chi connectivity index (χ2v) is 28.7. The molecule has 4 aromatic heterocycles. The van der Waals surface area contributed by atoms with E-state index in [9.17, 15) is 36.6 Å². The summed E-state index contributed by atoms with van der Waals surface area (Å²) in [5, 5.41) is 22.3. The highest BCUT2D eigenvalue weighted by Gasteiger charge is 2.35. The third-order valence-corrected chi connectivity index (χ3v) is 20.7. The van der Waals surface area contributed by atoms with Gasteiger partial charge in [0, 0.05) is 81.4 Å². The number of Topliss-reactive ketones (excluding diaryl/α,β-unsaturated/α-hetero) is 2. The van der Waals surface area contributed by atoms with E-state index in [0.717, 1.165) is 43.4 Å². The van der Waals surface area contributed by atoms with Crippen molar-refractivity contribution in [2.45, 2.75) is 76.1 Å². The number of pyridine rings is 2. The largest absolute Gasteiger partial charge is 0.493 e. The topological polar surface area (TPSA) is 213 Å². The first-order valence-corrected chi connectivity index (χ1v) is 30.4. The van der Waals surface area contributed by atoms with Crippen molar-refractivity contribution in [1.29, 1.82) is 0 Å². The average molecular weight is 1130 g/mol. The average Bonchev–Trinajstić information content (AvgIpc) is 4.23. The van der Waals surface area contributed by atoms with Crippen molar-refractivity contribution >= 4 is 53.9 Å². The fourth-order valence-electron chi connectivity index (χ4n) is 9.09. The van der Waals surface area contributed by atoms with E-state index < -0.39 is 64.4 Å². The Labute approximate surface area is 463 Å². The summed E-state index contributed by atoms with van der Waals surface area (Å²) in [4.78, 5) is 45.7. The molecule has 0 fully saturated rings. The number of ketones is 2. The lowest BCUT2D eigenvalue weighted by Crippen LogP contribution is -2.33. The number of aliphatic hydroxyl groups is 2. The number of thiazole rings is 2. The van der Waals surface area contributed by atoms with Gasteiger partial charge in [-0.3, -0.25) is 29.5 Å². The molecule has 0 saturated carbocycles. The van der Waals surface area contributed by atoms with E-state index in [2.05, 4.69) is 19.9 Å². The van der Waals surface area contributed by atoms with Crippen molar-refractivity contribution < 1.29 is 46.1 Å². The highest BCUT2D eigenvalue weighted by atomic mass is 32.2. The van der Waals surface area contributed by atoms with E-state index in [1.807, 2.05) is 85.5 Å². The SMILES string of the molecule is CC(C)(C)S(=O)(=O)CC(=O)c1ccccc1-c1ccc2c(c1)OC[C@@H](Cc1ccc(-c3cncs3)cn1)[C@@H]2O.CC(C)(C)S(=O)(=O)CC(=O)c1ccccc1-c1ccc2c(c1)OC[C@H](Cc1ccc(-c3cncs3)cn1)[C@H]2O. The van der Waals surface area contributed by atoms with Crippen LogP contribution < -0.4 is 9.47 Å². The number of fused-ring (bicyclic) bond motifs is 2. The number of hydrogen-bond acceptors (Lipinski definition) is 16. The van der Waals surface area contributed by atoms with Crippen LogP contribution >= 0.6 is 22.7 Å². The summed E-state index contributed by atoms with van der Waals surface area (Å²) in [6.07, 6.45) is 6.92. The van der Waals surface area contributed by atoms with Crippen LogP contribution in [0.3, 0.4) is 0 Å². The Morgan fingerprint density at radius 3 is 1.27 bits per heavy atom. The zero-order valence-electron chi connectivity index (χ0n) is 44.0. The molecule has 10 rings (SSSR count). The zero-order chi connectivity index (χ0) is 55.6.